The summed E-state index contributed by atoms with van der Waals surface area (Å²) in [6.07, 6.45) is 2.88. The molecule has 3 rings (SSSR count). The summed E-state index contributed by atoms with van der Waals surface area (Å²) in [5.74, 6) is 0.533. The van der Waals surface area contributed by atoms with Gasteiger partial charge in [-0.05, 0) is 36.8 Å². The molecule has 0 aliphatic rings. The molecule has 0 bridgehead atoms. The summed E-state index contributed by atoms with van der Waals surface area (Å²) in [6.45, 7) is 0.588. The van der Waals surface area contributed by atoms with Crippen LogP contribution in [0.1, 0.15) is 19.3 Å². The van der Waals surface area contributed by atoms with Gasteiger partial charge in [0.15, 0.2) is 5.16 Å². The van der Waals surface area contributed by atoms with Crippen molar-refractivity contribution in [1.82, 2.24) is 19.4 Å². The maximum atomic E-state index is 13.2. The Kier molecular flexibility index (Phi) is 7.70. The second-order valence-corrected chi connectivity index (χ2v) is 7.79. The molecule has 3 N–H and O–H groups in total. The fraction of sp³-hybridized carbons (Fsp3) is 0.333. The lowest BCUT2D eigenvalue weighted by Crippen LogP contribution is -2.24. The first-order valence-corrected chi connectivity index (χ1v) is 10.8. The topological polar surface area (TPSA) is 133 Å². The van der Waals surface area contributed by atoms with Gasteiger partial charge in [-0.3, -0.25) is 14.2 Å². The highest BCUT2D eigenvalue weighted by atomic mass is 32.2. The van der Waals surface area contributed by atoms with E-state index < -0.39 is 0 Å². The molecular weight excluding hydrogens is 418 g/mol. The second kappa shape index (κ2) is 10.7. The number of aromatic nitrogens is 3. The number of phenols is 1. The van der Waals surface area contributed by atoms with E-state index in [1.807, 2.05) is 6.07 Å². The number of fused-ring (bicyclic) bond motifs is 1. The molecule has 0 aliphatic heterocycles. The Morgan fingerprint density at radius 2 is 2.03 bits per heavy atom. The molecule has 0 atom stereocenters. The van der Waals surface area contributed by atoms with Crippen molar-refractivity contribution < 1.29 is 15.0 Å². The number of nitriles is 1. The number of thioether (sulfide) groups is 1. The van der Waals surface area contributed by atoms with Crippen LogP contribution in [0.2, 0.25) is 0 Å². The minimum atomic E-state index is -0.246. The summed E-state index contributed by atoms with van der Waals surface area (Å²) in [6, 6.07) is 9.94. The predicted octanol–water partition coefficient (Wildman–Crippen LogP) is 1.79. The van der Waals surface area contributed by atoms with Crippen LogP contribution in [-0.4, -0.2) is 49.1 Å². The standard InChI is InChI=1S/C21H23N5O4S/c22-9-2-10-23-18(29)3-1-14-31-21-24-19-17(8-11-25(19)12-13-27)20(30)26(21)15-4-6-16(28)7-5-15/h4-8,11,27-28H,1-3,10,12-14H2,(H,23,29). The molecule has 2 aromatic heterocycles. The number of aliphatic hydroxyl groups excluding tert-OH is 1. The van der Waals surface area contributed by atoms with E-state index in [2.05, 4.69) is 10.3 Å². The summed E-state index contributed by atoms with van der Waals surface area (Å²) in [5.41, 5.74) is 0.818. The SMILES string of the molecule is N#CCCNC(=O)CCCSc1nc2c(ccn2CCO)c(=O)n1-c1ccc(O)cc1. The smallest absolute Gasteiger partial charge is 0.268 e. The number of hydrogen-bond acceptors (Lipinski definition) is 7. The van der Waals surface area contributed by atoms with Crippen molar-refractivity contribution in [2.75, 3.05) is 18.9 Å². The Bertz CT molecular complexity index is 1150. The Hall–Kier alpha value is -3.29. The molecule has 0 saturated heterocycles. The third kappa shape index (κ3) is 5.45. The van der Waals surface area contributed by atoms with Crippen LogP contribution >= 0.6 is 11.8 Å². The molecule has 0 spiro atoms. The molecular formula is C21H23N5O4S. The Balaban J connectivity index is 1.85. The van der Waals surface area contributed by atoms with Gasteiger partial charge < -0.3 is 20.1 Å². The monoisotopic (exact) mass is 441 g/mol. The highest BCUT2D eigenvalue weighted by Gasteiger charge is 2.16. The molecule has 0 saturated carbocycles. The summed E-state index contributed by atoms with van der Waals surface area (Å²) in [5, 5.41) is 31.0. The van der Waals surface area contributed by atoms with Gasteiger partial charge in [0.25, 0.3) is 5.56 Å². The molecule has 0 fully saturated rings. The molecule has 1 aromatic carbocycles. The fourth-order valence-electron chi connectivity index (χ4n) is 3.06. The zero-order valence-electron chi connectivity index (χ0n) is 16.8. The van der Waals surface area contributed by atoms with Crippen molar-refractivity contribution in [3.8, 4) is 17.5 Å². The van der Waals surface area contributed by atoms with Gasteiger partial charge >= 0.3 is 0 Å². The number of amides is 1. The zero-order chi connectivity index (χ0) is 22.2. The van der Waals surface area contributed by atoms with Gasteiger partial charge in [-0.1, -0.05) is 11.8 Å². The summed E-state index contributed by atoms with van der Waals surface area (Å²) in [4.78, 5) is 29.7. The Morgan fingerprint density at radius 1 is 1.26 bits per heavy atom. The maximum Gasteiger partial charge on any atom is 0.268 e. The van der Waals surface area contributed by atoms with E-state index in [0.29, 0.717) is 53.6 Å². The Labute approximate surface area is 183 Å². The van der Waals surface area contributed by atoms with Crippen LogP contribution in [0.15, 0.2) is 46.5 Å². The fourth-order valence-corrected chi connectivity index (χ4v) is 4.00. The van der Waals surface area contributed by atoms with Gasteiger partial charge in [0.2, 0.25) is 5.91 Å². The normalized spacial score (nSPS) is 10.8. The van der Waals surface area contributed by atoms with E-state index in [0.717, 1.165) is 0 Å². The molecule has 1 amide bonds. The highest BCUT2D eigenvalue weighted by molar-refractivity contribution is 7.99. The minimum absolute atomic E-state index is 0.0735. The van der Waals surface area contributed by atoms with Gasteiger partial charge in [-0.15, -0.1) is 0 Å². The van der Waals surface area contributed by atoms with Crippen LogP contribution in [0.5, 0.6) is 5.75 Å². The van der Waals surface area contributed by atoms with Crippen LogP contribution in [0.3, 0.4) is 0 Å². The molecule has 3 aromatic rings. The summed E-state index contributed by atoms with van der Waals surface area (Å²) < 4.78 is 3.22. The van der Waals surface area contributed by atoms with E-state index >= 15 is 0 Å². The number of phenolic OH excluding ortho intramolecular Hbond substituents is 1. The van der Waals surface area contributed by atoms with Crippen molar-refractivity contribution in [3.63, 3.8) is 0 Å². The highest BCUT2D eigenvalue weighted by Crippen LogP contribution is 2.24. The number of carbonyl (C=O) groups excluding carboxylic acids is 1. The van der Waals surface area contributed by atoms with Crippen LogP contribution in [0.4, 0.5) is 0 Å². The van der Waals surface area contributed by atoms with E-state index in [-0.39, 0.29) is 30.2 Å². The lowest BCUT2D eigenvalue weighted by molar-refractivity contribution is -0.121. The van der Waals surface area contributed by atoms with Gasteiger partial charge in [0.1, 0.15) is 11.4 Å². The van der Waals surface area contributed by atoms with Crippen LogP contribution < -0.4 is 10.9 Å². The molecule has 10 heteroatoms. The first-order valence-electron chi connectivity index (χ1n) is 9.83. The summed E-state index contributed by atoms with van der Waals surface area (Å²) in [7, 11) is 0. The van der Waals surface area contributed by atoms with Gasteiger partial charge in [0, 0.05) is 31.5 Å². The number of nitrogens with one attached hydrogen (secondary N) is 1. The molecule has 2 heterocycles. The van der Waals surface area contributed by atoms with Crippen LogP contribution in [-0.2, 0) is 11.3 Å². The van der Waals surface area contributed by atoms with Gasteiger partial charge in [-0.25, -0.2) is 4.98 Å². The summed E-state index contributed by atoms with van der Waals surface area (Å²) >= 11 is 1.36. The molecule has 0 aliphatic carbocycles. The Morgan fingerprint density at radius 3 is 2.74 bits per heavy atom. The molecule has 162 valence electrons. The average molecular weight is 442 g/mol. The van der Waals surface area contributed by atoms with Crippen molar-refractivity contribution in [2.24, 2.45) is 0 Å². The van der Waals surface area contributed by atoms with Crippen molar-refractivity contribution >= 4 is 28.7 Å². The predicted molar refractivity (Wildman–Crippen MR) is 117 cm³/mol. The zero-order valence-corrected chi connectivity index (χ0v) is 17.6. The maximum absolute atomic E-state index is 13.2. The van der Waals surface area contributed by atoms with Crippen molar-refractivity contribution in [1.29, 1.82) is 5.26 Å². The number of aliphatic hydroxyl groups is 1. The van der Waals surface area contributed by atoms with Crippen LogP contribution in [0, 0.1) is 11.3 Å². The average Bonchev–Trinajstić information content (AvgIpc) is 3.16. The third-order valence-electron chi connectivity index (χ3n) is 4.55. The molecule has 0 radical (unpaired) electrons. The van der Waals surface area contributed by atoms with Gasteiger partial charge in [0.05, 0.1) is 30.2 Å². The number of carbonyl (C=O) groups is 1. The van der Waals surface area contributed by atoms with E-state index in [1.165, 1.54) is 28.5 Å². The number of rotatable bonds is 10. The van der Waals surface area contributed by atoms with E-state index in [1.54, 1.807) is 29.0 Å². The van der Waals surface area contributed by atoms with Crippen molar-refractivity contribution in [2.45, 2.75) is 31.0 Å². The number of benzene rings is 1. The van der Waals surface area contributed by atoms with Gasteiger partial charge in [-0.2, -0.15) is 5.26 Å². The molecule has 9 nitrogen and oxygen atoms in total. The largest absolute Gasteiger partial charge is 0.508 e. The lowest BCUT2D eigenvalue weighted by atomic mass is 10.3. The molecule has 31 heavy (non-hydrogen) atoms. The van der Waals surface area contributed by atoms with Crippen molar-refractivity contribution in [3.05, 3.63) is 46.9 Å². The van der Waals surface area contributed by atoms with E-state index in [9.17, 15) is 19.8 Å². The molecule has 0 unspecified atom stereocenters. The third-order valence-corrected chi connectivity index (χ3v) is 5.57. The number of nitrogens with zero attached hydrogens (tertiary/aromatic N) is 4. The van der Waals surface area contributed by atoms with E-state index in [4.69, 9.17) is 5.26 Å². The van der Waals surface area contributed by atoms with Crippen LogP contribution in [0.25, 0.3) is 16.7 Å². The first kappa shape index (κ1) is 22.4. The number of aromatic hydroxyl groups is 1. The number of hydrogen-bond donors (Lipinski definition) is 3. The lowest BCUT2D eigenvalue weighted by Gasteiger charge is -2.13. The first-order chi connectivity index (χ1) is 15.0. The second-order valence-electron chi connectivity index (χ2n) is 6.73. The minimum Gasteiger partial charge on any atom is -0.508 e. The quantitative estimate of drug-likeness (QED) is 0.248.